The Morgan fingerprint density at radius 1 is 1.33 bits per heavy atom. The normalized spacial score (nSPS) is 13.7. The molecule has 4 nitrogen and oxygen atoms in total. The van der Waals surface area contributed by atoms with Gasteiger partial charge in [-0.15, -0.1) is 0 Å². The van der Waals surface area contributed by atoms with Crippen LogP contribution in [0.4, 0.5) is 0 Å². The van der Waals surface area contributed by atoms with Gasteiger partial charge in [0, 0.05) is 6.42 Å². The largest absolute Gasteiger partial charge is 0.508 e. The van der Waals surface area contributed by atoms with E-state index in [2.05, 4.69) is 0 Å². The monoisotopic (exact) mass is 294 g/mol. The van der Waals surface area contributed by atoms with Gasteiger partial charge in [0.25, 0.3) is 0 Å². The van der Waals surface area contributed by atoms with Gasteiger partial charge in [-0.05, 0) is 37.5 Å². The number of ether oxygens (including phenoxy) is 2. The molecule has 0 spiro atoms. The second-order valence-corrected chi connectivity index (χ2v) is 5.24. The van der Waals surface area contributed by atoms with Gasteiger partial charge in [-0.2, -0.15) is 0 Å². The molecular formula is C17H26O4. The number of carbonyl (C=O) groups is 1. The standard InChI is InChI=1S/C17H26O4/c1-4-6-10-20-17(19)16(21-13(3)5-2)12-14-8-7-9-15(18)11-14/h7-9,11,13,16,18H,4-6,10,12H2,1-3H3. The van der Waals surface area contributed by atoms with Crippen LogP contribution in [0.1, 0.15) is 45.6 Å². The summed E-state index contributed by atoms with van der Waals surface area (Å²) in [6.45, 7) is 6.43. The number of benzene rings is 1. The lowest BCUT2D eigenvalue weighted by Gasteiger charge is -2.20. The van der Waals surface area contributed by atoms with Crippen molar-refractivity contribution >= 4 is 5.97 Å². The van der Waals surface area contributed by atoms with Crippen molar-refractivity contribution in [3.8, 4) is 5.75 Å². The van der Waals surface area contributed by atoms with Crippen LogP contribution in [0.3, 0.4) is 0 Å². The van der Waals surface area contributed by atoms with Crippen molar-refractivity contribution < 1.29 is 19.4 Å². The molecule has 0 radical (unpaired) electrons. The molecule has 1 aromatic rings. The Kier molecular flexibility index (Phi) is 7.83. The average molecular weight is 294 g/mol. The van der Waals surface area contributed by atoms with Crippen LogP contribution in [0.2, 0.25) is 0 Å². The lowest BCUT2D eigenvalue weighted by molar-refractivity contribution is -0.160. The first kappa shape index (κ1) is 17.5. The highest BCUT2D eigenvalue weighted by Crippen LogP contribution is 2.16. The summed E-state index contributed by atoms with van der Waals surface area (Å²) < 4.78 is 11.0. The molecule has 0 aromatic heterocycles. The fourth-order valence-electron chi connectivity index (χ4n) is 1.87. The Bertz CT molecular complexity index is 431. The molecule has 0 aliphatic carbocycles. The number of unbranched alkanes of at least 4 members (excludes halogenated alkanes) is 1. The number of aromatic hydroxyl groups is 1. The van der Waals surface area contributed by atoms with Crippen molar-refractivity contribution in [3.05, 3.63) is 29.8 Å². The van der Waals surface area contributed by atoms with Crippen LogP contribution in [0.5, 0.6) is 5.75 Å². The fraction of sp³-hybridized carbons (Fsp3) is 0.588. The van der Waals surface area contributed by atoms with Crippen LogP contribution in [-0.2, 0) is 20.7 Å². The number of phenolic OH excluding ortho intramolecular Hbond substituents is 1. The first-order valence-electron chi connectivity index (χ1n) is 7.66. The van der Waals surface area contributed by atoms with Gasteiger partial charge in [-0.25, -0.2) is 4.79 Å². The molecule has 0 heterocycles. The number of rotatable bonds is 9. The zero-order chi connectivity index (χ0) is 15.7. The molecule has 21 heavy (non-hydrogen) atoms. The molecule has 2 atom stereocenters. The minimum atomic E-state index is -0.626. The Morgan fingerprint density at radius 2 is 2.10 bits per heavy atom. The van der Waals surface area contributed by atoms with Crippen LogP contribution in [-0.4, -0.2) is 29.9 Å². The summed E-state index contributed by atoms with van der Waals surface area (Å²) in [5, 5.41) is 9.51. The van der Waals surface area contributed by atoms with Crippen molar-refractivity contribution in [2.45, 2.75) is 58.7 Å². The van der Waals surface area contributed by atoms with E-state index in [4.69, 9.17) is 9.47 Å². The Morgan fingerprint density at radius 3 is 2.71 bits per heavy atom. The molecule has 118 valence electrons. The maximum Gasteiger partial charge on any atom is 0.335 e. The molecule has 0 aliphatic rings. The first-order chi connectivity index (χ1) is 10.1. The van der Waals surface area contributed by atoms with Crippen LogP contribution < -0.4 is 0 Å². The molecule has 1 aromatic carbocycles. The SMILES string of the molecule is CCCCOC(=O)C(Cc1cccc(O)c1)OC(C)CC. The summed E-state index contributed by atoms with van der Waals surface area (Å²) in [5.41, 5.74) is 0.857. The smallest absolute Gasteiger partial charge is 0.335 e. The van der Waals surface area contributed by atoms with Gasteiger partial charge >= 0.3 is 5.97 Å². The second kappa shape index (κ2) is 9.40. The minimum Gasteiger partial charge on any atom is -0.508 e. The summed E-state index contributed by atoms with van der Waals surface area (Å²) in [7, 11) is 0. The Hall–Kier alpha value is -1.55. The zero-order valence-corrected chi connectivity index (χ0v) is 13.2. The molecule has 0 fully saturated rings. The van der Waals surface area contributed by atoms with Crippen molar-refractivity contribution in [2.24, 2.45) is 0 Å². The van der Waals surface area contributed by atoms with Crippen molar-refractivity contribution in [1.29, 1.82) is 0 Å². The van der Waals surface area contributed by atoms with Gasteiger partial charge < -0.3 is 14.6 Å². The van der Waals surface area contributed by atoms with E-state index in [1.807, 2.05) is 26.8 Å². The quantitative estimate of drug-likeness (QED) is 0.560. The van der Waals surface area contributed by atoms with Crippen LogP contribution in [0.25, 0.3) is 0 Å². The molecule has 0 bridgehead atoms. The molecule has 1 N–H and O–H groups in total. The highest BCUT2D eigenvalue weighted by Gasteiger charge is 2.23. The van der Waals surface area contributed by atoms with Gasteiger partial charge in [0.05, 0.1) is 12.7 Å². The van der Waals surface area contributed by atoms with Crippen molar-refractivity contribution in [2.75, 3.05) is 6.61 Å². The van der Waals surface area contributed by atoms with E-state index in [0.29, 0.717) is 13.0 Å². The molecule has 0 aliphatic heterocycles. The summed E-state index contributed by atoms with van der Waals surface area (Å²) in [5.74, 6) is -0.138. The summed E-state index contributed by atoms with van der Waals surface area (Å²) >= 11 is 0. The second-order valence-electron chi connectivity index (χ2n) is 5.24. The number of carbonyl (C=O) groups excluding carboxylic acids is 1. The molecule has 0 saturated carbocycles. The zero-order valence-electron chi connectivity index (χ0n) is 13.2. The van der Waals surface area contributed by atoms with Crippen LogP contribution >= 0.6 is 0 Å². The molecule has 0 saturated heterocycles. The van der Waals surface area contributed by atoms with E-state index in [9.17, 15) is 9.90 Å². The van der Waals surface area contributed by atoms with E-state index in [-0.39, 0.29) is 17.8 Å². The van der Waals surface area contributed by atoms with E-state index in [1.165, 1.54) is 0 Å². The summed E-state index contributed by atoms with van der Waals surface area (Å²) in [6.07, 6.45) is 2.44. The highest BCUT2D eigenvalue weighted by atomic mass is 16.6. The van der Waals surface area contributed by atoms with E-state index < -0.39 is 6.10 Å². The van der Waals surface area contributed by atoms with Gasteiger partial charge in [0.1, 0.15) is 5.75 Å². The van der Waals surface area contributed by atoms with Crippen LogP contribution in [0, 0.1) is 0 Å². The molecule has 1 rings (SSSR count). The highest BCUT2D eigenvalue weighted by molar-refractivity contribution is 5.75. The fourth-order valence-corrected chi connectivity index (χ4v) is 1.87. The van der Waals surface area contributed by atoms with E-state index >= 15 is 0 Å². The number of hydrogen-bond acceptors (Lipinski definition) is 4. The third kappa shape index (κ3) is 6.63. The van der Waals surface area contributed by atoms with Crippen molar-refractivity contribution in [1.82, 2.24) is 0 Å². The predicted octanol–water partition coefficient (Wildman–Crippen LogP) is 3.46. The summed E-state index contributed by atoms with van der Waals surface area (Å²) in [4.78, 5) is 12.1. The summed E-state index contributed by atoms with van der Waals surface area (Å²) in [6, 6.07) is 6.87. The van der Waals surface area contributed by atoms with Gasteiger partial charge in [0.2, 0.25) is 0 Å². The van der Waals surface area contributed by atoms with Gasteiger partial charge in [-0.3, -0.25) is 0 Å². The maximum absolute atomic E-state index is 12.1. The van der Waals surface area contributed by atoms with E-state index in [0.717, 1.165) is 24.8 Å². The average Bonchev–Trinajstić information content (AvgIpc) is 2.46. The maximum atomic E-state index is 12.1. The Balaban J connectivity index is 2.69. The third-order valence-corrected chi connectivity index (χ3v) is 3.31. The Labute approximate surface area is 127 Å². The first-order valence-corrected chi connectivity index (χ1v) is 7.66. The molecular weight excluding hydrogens is 268 g/mol. The molecule has 2 unspecified atom stereocenters. The topological polar surface area (TPSA) is 55.8 Å². The molecule has 0 amide bonds. The van der Waals surface area contributed by atoms with Crippen molar-refractivity contribution in [3.63, 3.8) is 0 Å². The lowest BCUT2D eigenvalue weighted by Crippen LogP contribution is -2.32. The predicted molar refractivity (Wildman–Crippen MR) is 82.3 cm³/mol. The minimum absolute atomic E-state index is 0.00830. The molecule has 4 heteroatoms. The van der Waals surface area contributed by atoms with E-state index in [1.54, 1.807) is 18.2 Å². The lowest BCUT2D eigenvalue weighted by atomic mass is 10.1. The number of phenols is 1. The van der Waals surface area contributed by atoms with Gasteiger partial charge in [0.15, 0.2) is 6.10 Å². The van der Waals surface area contributed by atoms with Crippen LogP contribution in [0.15, 0.2) is 24.3 Å². The third-order valence-electron chi connectivity index (χ3n) is 3.31. The number of esters is 1. The number of hydrogen-bond donors (Lipinski definition) is 1. The van der Waals surface area contributed by atoms with Gasteiger partial charge in [-0.1, -0.05) is 32.4 Å².